The SMILES string of the molecule is CN(C)S(=O)(=O)c1ccc(S(=O)(=O)N[C@@H]2CCCCC[C@@H]2N2CCNCC2)cc1. The van der Waals surface area contributed by atoms with Crippen LogP contribution in [0.15, 0.2) is 34.1 Å². The number of benzene rings is 1. The van der Waals surface area contributed by atoms with E-state index in [1.165, 1.54) is 38.4 Å². The Balaban J connectivity index is 1.79. The highest BCUT2D eigenvalue weighted by Crippen LogP contribution is 2.25. The van der Waals surface area contributed by atoms with Crippen molar-refractivity contribution in [2.45, 2.75) is 54.0 Å². The van der Waals surface area contributed by atoms with Gasteiger partial charge in [0.05, 0.1) is 9.79 Å². The molecule has 0 radical (unpaired) electrons. The third-order valence-corrected chi connectivity index (χ3v) is 9.15. The van der Waals surface area contributed by atoms with Crippen LogP contribution in [0.3, 0.4) is 0 Å². The minimum absolute atomic E-state index is 0.0783. The number of piperazine rings is 1. The molecule has 29 heavy (non-hydrogen) atoms. The monoisotopic (exact) mass is 444 g/mol. The minimum atomic E-state index is -3.73. The van der Waals surface area contributed by atoms with E-state index < -0.39 is 20.0 Å². The van der Waals surface area contributed by atoms with Crippen LogP contribution in [0.2, 0.25) is 0 Å². The van der Waals surface area contributed by atoms with E-state index in [1.54, 1.807) is 0 Å². The van der Waals surface area contributed by atoms with Crippen molar-refractivity contribution in [1.82, 2.24) is 19.2 Å². The fourth-order valence-corrected chi connectivity index (χ4v) is 6.35. The van der Waals surface area contributed by atoms with Crippen LogP contribution in [-0.4, -0.2) is 78.4 Å². The number of sulfonamides is 2. The van der Waals surface area contributed by atoms with Crippen LogP contribution in [0, 0.1) is 0 Å². The molecule has 2 atom stereocenters. The molecule has 2 fully saturated rings. The molecule has 1 heterocycles. The highest BCUT2D eigenvalue weighted by molar-refractivity contribution is 7.89. The lowest BCUT2D eigenvalue weighted by molar-refractivity contribution is 0.139. The van der Waals surface area contributed by atoms with Gasteiger partial charge in [-0.25, -0.2) is 25.9 Å². The van der Waals surface area contributed by atoms with Crippen LogP contribution >= 0.6 is 0 Å². The minimum Gasteiger partial charge on any atom is -0.314 e. The molecule has 10 heteroatoms. The van der Waals surface area contributed by atoms with Gasteiger partial charge in [-0.15, -0.1) is 0 Å². The summed E-state index contributed by atoms with van der Waals surface area (Å²) in [6.45, 7) is 3.72. The predicted octanol–water partition coefficient (Wildman–Crippen LogP) is 0.822. The van der Waals surface area contributed by atoms with E-state index in [2.05, 4.69) is 14.9 Å². The van der Waals surface area contributed by atoms with Gasteiger partial charge in [0.25, 0.3) is 0 Å². The van der Waals surface area contributed by atoms with Crippen molar-refractivity contribution in [3.63, 3.8) is 0 Å². The Labute approximate surface area is 174 Å². The van der Waals surface area contributed by atoms with E-state index in [1.807, 2.05) is 0 Å². The molecule has 0 spiro atoms. The maximum Gasteiger partial charge on any atom is 0.242 e. The smallest absolute Gasteiger partial charge is 0.242 e. The van der Waals surface area contributed by atoms with Gasteiger partial charge < -0.3 is 5.32 Å². The lowest BCUT2D eigenvalue weighted by atomic mass is 10.0. The highest BCUT2D eigenvalue weighted by Gasteiger charge is 2.33. The molecule has 1 aliphatic carbocycles. The maximum atomic E-state index is 13.0. The normalized spacial score (nSPS) is 25.1. The van der Waals surface area contributed by atoms with Crippen molar-refractivity contribution in [2.75, 3.05) is 40.3 Å². The quantitative estimate of drug-likeness (QED) is 0.631. The summed E-state index contributed by atoms with van der Waals surface area (Å²) in [5, 5.41) is 3.35. The fraction of sp³-hybridized carbons (Fsp3) is 0.684. The van der Waals surface area contributed by atoms with Crippen LogP contribution in [0.25, 0.3) is 0 Å². The zero-order chi connectivity index (χ0) is 21.1. The molecule has 1 saturated carbocycles. The molecule has 1 aromatic carbocycles. The molecule has 1 aliphatic heterocycles. The Morgan fingerprint density at radius 1 is 0.931 bits per heavy atom. The Morgan fingerprint density at radius 3 is 2.14 bits per heavy atom. The Bertz CT molecular complexity index is 879. The first-order valence-corrected chi connectivity index (χ1v) is 13.1. The average molecular weight is 445 g/mol. The lowest BCUT2D eigenvalue weighted by Crippen LogP contribution is -2.56. The zero-order valence-electron chi connectivity index (χ0n) is 17.2. The Hall–Kier alpha value is -1.04. The number of nitrogens with one attached hydrogen (secondary N) is 2. The molecule has 3 rings (SSSR count). The summed E-state index contributed by atoms with van der Waals surface area (Å²) in [6, 6.07) is 5.51. The second-order valence-electron chi connectivity index (χ2n) is 7.98. The number of hydrogen-bond donors (Lipinski definition) is 2. The van der Waals surface area contributed by atoms with Gasteiger partial charge >= 0.3 is 0 Å². The second-order valence-corrected chi connectivity index (χ2v) is 11.8. The van der Waals surface area contributed by atoms with Gasteiger partial charge in [-0.2, -0.15) is 0 Å². The molecule has 8 nitrogen and oxygen atoms in total. The van der Waals surface area contributed by atoms with E-state index in [4.69, 9.17) is 0 Å². The molecular weight excluding hydrogens is 412 g/mol. The first kappa shape index (κ1) is 22.6. The average Bonchev–Trinajstić information content (AvgIpc) is 2.93. The van der Waals surface area contributed by atoms with Gasteiger partial charge in [-0.1, -0.05) is 19.3 Å². The van der Waals surface area contributed by atoms with Gasteiger partial charge in [0, 0.05) is 52.4 Å². The summed E-state index contributed by atoms with van der Waals surface area (Å²) in [4.78, 5) is 2.58. The van der Waals surface area contributed by atoms with Crippen LogP contribution in [0.1, 0.15) is 32.1 Å². The van der Waals surface area contributed by atoms with Crippen LogP contribution in [0.5, 0.6) is 0 Å². The highest BCUT2D eigenvalue weighted by atomic mass is 32.2. The van der Waals surface area contributed by atoms with Gasteiger partial charge in [0.2, 0.25) is 20.0 Å². The topological polar surface area (TPSA) is 98.8 Å². The van der Waals surface area contributed by atoms with Crippen molar-refractivity contribution in [2.24, 2.45) is 0 Å². The lowest BCUT2D eigenvalue weighted by Gasteiger charge is -2.38. The first-order valence-electron chi connectivity index (χ1n) is 10.2. The van der Waals surface area contributed by atoms with Crippen molar-refractivity contribution < 1.29 is 16.8 Å². The number of rotatable bonds is 6. The third kappa shape index (κ3) is 5.36. The number of hydrogen-bond acceptors (Lipinski definition) is 6. The van der Waals surface area contributed by atoms with Crippen molar-refractivity contribution in [1.29, 1.82) is 0 Å². The van der Waals surface area contributed by atoms with Crippen LogP contribution in [-0.2, 0) is 20.0 Å². The Kier molecular flexibility index (Phi) is 7.34. The molecule has 0 amide bonds. The molecule has 0 bridgehead atoms. The van der Waals surface area contributed by atoms with Gasteiger partial charge in [-0.3, -0.25) is 4.90 Å². The maximum absolute atomic E-state index is 13.0. The Morgan fingerprint density at radius 2 is 1.52 bits per heavy atom. The van der Waals surface area contributed by atoms with E-state index in [-0.39, 0.29) is 21.9 Å². The molecule has 1 saturated heterocycles. The fourth-order valence-electron chi connectivity index (χ4n) is 4.15. The summed E-state index contributed by atoms with van der Waals surface area (Å²) in [6.07, 6.45) is 5.06. The second kappa shape index (κ2) is 9.40. The van der Waals surface area contributed by atoms with E-state index in [9.17, 15) is 16.8 Å². The first-order chi connectivity index (χ1) is 13.7. The summed E-state index contributed by atoms with van der Waals surface area (Å²) in [5.74, 6) is 0. The molecule has 0 unspecified atom stereocenters. The van der Waals surface area contributed by atoms with Crippen molar-refractivity contribution in [3.05, 3.63) is 24.3 Å². The van der Waals surface area contributed by atoms with E-state index >= 15 is 0 Å². The zero-order valence-corrected chi connectivity index (χ0v) is 18.8. The third-order valence-electron chi connectivity index (χ3n) is 5.82. The van der Waals surface area contributed by atoms with Gasteiger partial charge in [0.1, 0.15) is 0 Å². The molecule has 1 aromatic rings. The molecule has 0 aromatic heterocycles. The van der Waals surface area contributed by atoms with Crippen molar-refractivity contribution in [3.8, 4) is 0 Å². The largest absolute Gasteiger partial charge is 0.314 e. The molecule has 2 aliphatic rings. The van der Waals surface area contributed by atoms with Gasteiger partial charge in [-0.05, 0) is 37.1 Å². The van der Waals surface area contributed by atoms with Gasteiger partial charge in [0.15, 0.2) is 0 Å². The summed E-state index contributed by atoms with van der Waals surface area (Å²) < 4.78 is 54.5. The van der Waals surface area contributed by atoms with Crippen molar-refractivity contribution >= 4 is 20.0 Å². The number of nitrogens with zero attached hydrogens (tertiary/aromatic N) is 2. The van der Waals surface area contributed by atoms with E-state index in [0.29, 0.717) is 0 Å². The molecular formula is C19H32N4O4S2. The summed E-state index contributed by atoms with van der Waals surface area (Å²) >= 11 is 0. The summed E-state index contributed by atoms with van der Waals surface area (Å²) in [7, 11) is -4.42. The predicted molar refractivity (Wildman–Crippen MR) is 113 cm³/mol. The van der Waals surface area contributed by atoms with Crippen LogP contribution in [0.4, 0.5) is 0 Å². The van der Waals surface area contributed by atoms with Crippen LogP contribution < -0.4 is 10.0 Å². The van der Waals surface area contributed by atoms with E-state index in [0.717, 1.165) is 62.6 Å². The standard InChI is InChI=1S/C19H32N4O4S2/c1-22(2)29(26,27)17-10-8-16(9-11-17)28(24,25)21-18-6-4-3-5-7-19(18)23-14-12-20-13-15-23/h8-11,18-21H,3-7,12-15H2,1-2H3/t18-,19+/m1/s1. The molecule has 2 N–H and O–H groups in total. The summed E-state index contributed by atoms with van der Waals surface area (Å²) in [5.41, 5.74) is 0. The molecule has 164 valence electrons.